The van der Waals surface area contributed by atoms with Gasteiger partial charge in [0, 0.05) is 6.04 Å². The van der Waals surface area contributed by atoms with Gasteiger partial charge >= 0.3 is 12.0 Å². The summed E-state index contributed by atoms with van der Waals surface area (Å²) in [7, 11) is 0. The molecule has 1 aliphatic rings. The molecule has 7 nitrogen and oxygen atoms in total. The minimum Gasteiger partial charge on any atom is -0.451 e. The van der Waals surface area contributed by atoms with Crippen molar-refractivity contribution < 1.29 is 19.1 Å². The van der Waals surface area contributed by atoms with E-state index in [2.05, 4.69) is 10.6 Å². The van der Waals surface area contributed by atoms with Crippen LogP contribution < -0.4 is 16.4 Å². The number of rotatable bonds is 8. The van der Waals surface area contributed by atoms with E-state index in [-0.39, 0.29) is 11.9 Å². The SMILES string of the molecule is CSCC[C@H](NC(N)=O)C(=O)O[C@@H](C)C(=O)NC1CCCCCC1. The number of hydrogen-bond acceptors (Lipinski definition) is 5. The van der Waals surface area contributed by atoms with Crippen molar-refractivity contribution >= 4 is 29.7 Å². The Morgan fingerprint density at radius 3 is 2.38 bits per heavy atom. The van der Waals surface area contributed by atoms with Gasteiger partial charge in [-0.2, -0.15) is 11.8 Å². The number of carbonyl (C=O) groups is 3. The molecule has 1 rings (SSSR count). The molecular formula is C16H29N3O4S. The van der Waals surface area contributed by atoms with Crippen molar-refractivity contribution in [2.45, 2.75) is 70.1 Å². The Morgan fingerprint density at radius 2 is 1.83 bits per heavy atom. The number of urea groups is 1. The summed E-state index contributed by atoms with van der Waals surface area (Å²) in [6.07, 6.45) is 7.95. The van der Waals surface area contributed by atoms with Crippen LogP contribution in [-0.2, 0) is 14.3 Å². The largest absolute Gasteiger partial charge is 0.451 e. The maximum atomic E-state index is 12.2. The van der Waals surface area contributed by atoms with Gasteiger partial charge in [0.1, 0.15) is 6.04 Å². The van der Waals surface area contributed by atoms with Gasteiger partial charge in [0.05, 0.1) is 0 Å². The summed E-state index contributed by atoms with van der Waals surface area (Å²) in [6, 6.07) is -1.46. The predicted molar refractivity (Wildman–Crippen MR) is 94.7 cm³/mol. The number of primary amides is 1. The fourth-order valence-electron chi connectivity index (χ4n) is 2.71. The average molecular weight is 359 g/mol. The highest BCUT2D eigenvalue weighted by Crippen LogP contribution is 2.17. The number of thioether (sulfide) groups is 1. The van der Waals surface area contributed by atoms with E-state index in [4.69, 9.17) is 10.5 Å². The van der Waals surface area contributed by atoms with Crippen LogP contribution in [0.3, 0.4) is 0 Å². The van der Waals surface area contributed by atoms with Crippen LogP contribution in [0.2, 0.25) is 0 Å². The standard InChI is InChI=1S/C16H29N3O4S/c1-11(14(20)18-12-7-5-3-4-6-8-12)23-15(21)13(9-10-24-2)19-16(17)22/h11-13H,3-10H2,1-2H3,(H,18,20)(H3,17,19,22)/t11-,13-/m0/s1. The average Bonchev–Trinajstić information content (AvgIpc) is 2.79. The molecule has 0 bridgehead atoms. The molecule has 24 heavy (non-hydrogen) atoms. The summed E-state index contributed by atoms with van der Waals surface area (Å²) in [4.78, 5) is 35.4. The quantitative estimate of drug-likeness (QED) is 0.450. The first-order valence-corrected chi connectivity index (χ1v) is 9.89. The smallest absolute Gasteiger partial charge is 0.329 e. The monoisotopic (exact) mass is 359 g/mol. The first-order chi connectivity index (χ1) is 11.4. The molecule has 138 valence electrons. The molecule has 0 heterocycles. The van der Waals surface area contributed by atoms with Crippen LogP contribution in [0.25, 0.3) is 0 Å². The lowest BCUT2D eigenvalue weighted by atomic mass is 10.1. The van der Waals surface area contributed by atoms with Crippen LogP contribution in [0.5, 0.6) is 0 Å². The fraction of sp³-hybridized carbons (Fsp3) is 0.812. The number of amides is 3. The Labute approximate surface area is 147 Å². The van der Waals surface area contributed by atoms with Gasteiger partial charge in [-0.25, -0.2) is 9.59 Å². The van der Waals surface area contributed by atoms with Crippen LogP contribution in [0.4, 0.5) is 4.79 Å². The Morgan fingerprint density at radius 1 is 1.21 bits per heavy atom. The minimum absolute atomic E-state index is 0.150. The van der Waals surface area contributed by atoms with Crippen molar-refractivity contribution in [2.24, 2.45) is 5.73 Å². The fourth-order valence-corrected chi connectivity index (χ4v) is 3.18. The topological polar surface area (TPSA) is 111 Å². The second-order valence-corrected chi connectivity index (χ2v) is 7.10. The molecule has 0 aromatic rings. The molecule has 1 fully saturated rings. The molecule has 0 radical (unpaired) electrons. The third-order valence-electron chi connectivity index (χ3n) is 4.08. The van der Waals surface area contributed by atoms with Gasteiger partial charge in [-0.1, -0.05) is 25.7 Å². The summed E-state index contributed by atoms with van der Waals surface area (Å²) in [5.41, 5.74) is 5.09. The van der Waals surface area contributed by atoms with Gasteiger partial charge in [0.25, 0.3) is 5.91 Å². The van der Waals surface area contributed by atoms with Crippen molar-refractivity contribution in [1.82, 2.24) is 10.6 Å². The molecule has 0 unspecified atom stereocenters. The van der Waals surface area contributed by atoms with Crippen molar-refractivity contribution in [3.63, 3.8) is 0 Å². The summed E-state index contributed by atoms with van der Waals surface area (Å²) in [6.45, 7) is 1.54. The van der Waals surface area contributed by atoms with Crippen LogP contribution in [0, 0.1) is 0 Å². The van der Waals surface area contributed by atoms with Crippen molar-refractivity contribution in [2.75, 3.05) is 12.0 Å². The molecule has 8 heteroatoms. The Kier molecular flexibility index (Phi) is 9.59. The molecule has 0 aromatic carbocycles. The lowest BCUT2D eigenvalue weighted by Crippen LogP contribution is -2.48. The van der Waals surface area contributed by atoms with E-state index in [1.807, 2.05) is 6.26 Å². The zero-order valence-electron chi connectivity index (χ0n) is 14.5. The number of esters is 1. The molecule has 3 amide bonds. The summed E-state index contributed by atoms with van der Waals surface area (Å²) >= 11 is 1.55. The summed E-state index contributed by atoms with van der Waals surface area (Å²) in [5.74, 6) is -0.257. The predicted octanol–water partition coefficient (Wildman–Crippen LogP) is 1.55. The Hall–Kier alpha value is -1.44. The van der Waals surface area contributed by atoms with Crippen LogP contribution in [0.15, 0.2) is 0 Å². The van der Waals surface area contributed by atoms with Gasteiger partial charge in [0.2, 0.25) is 0 Å². The van der Waals surface area contributed by atoms with Gasteiger partial charge in [-0.3, -0.25) is 4.79 Å². The second-order valence-electron chi connectivity index (χ2n) is 6.12. The molecule has 1 aliphatic carbocycles. The highest BCUT2D eigenvalue weighted by Gasteiger charge is 2.26. The number of hydrogen-bond donors (Lipinski definition) is 3. The Balaban J connectivity index is 2.49. The molecule has 4 N–H and O–H groups in total. The highest BCUT2D eigenvalue weighted by molar-refractivity contribution is 7.98. The van der Waals surface area contributed by atoms with Crippen molar-refractivity contribution in [3.8, 4) is 0 Å². The number of carbonyl (C=O) groups excluding carboxylic acids is 3. The van der Waals surface area contributed by atoms with Gasteiger partial charge in [0.15, 0.2) is 6.10 Å². The van der Waals surface area contributed by atoms with E-state index < -0.39 is 24.1 Å². The lowest BCUT2D eigenvalue weighted by molar-refractivity contribution is -0.156. The highest BCUT2D eigenvalue weighted by atomic mass is 32.2. The number of nitrogens with two attached hydrogens (primary N) is 1. The molecule has 0 aliphatic heterocycles. The molecule has 0 saturated heterocycles. The molecule has 0 spiro atoms. The van der Waals surface area contributed by atoms with Gasteiger partial charge in [-0.15, -0.1) is 0 Å². The minimum atomic E-state index is -0.896. The van der Waals surface area contributed by atoms with E-state index in [0.29, 0.717) is 12.2 Å². The third-order valence-corrected chi connectivity index (χ3v) is 4.72. The van der Waals surface area contributed by atoms with E-state index in [1.165, 1.54) is 12.8 Å². The van der Waals surface area contributed by atoms with Crippen LogP contribution in [0.1, 0.15) is 51.9 Å². The summed E-state index contributed by atoms with van der Waals surface area (Å²) in [5, 5.41) is 5.32. The third kappa shape index (κ3) is 7.90. The molecule has 2 atom stereocenters. The van der Waals surface area contributed by atoms with E-state index in [9.17, 15) is 14.4 Å². The van der Waals surface area contributed by atoms with Gasteiger partial charge in [-0.05, 0) is 38.2 Å². The molecule has 1 saturated carbocycles. The maximum absolute atomic E-state index is 12.2. The molecule has 0 aromatic heterocycles. The van der Waals surface area contributed by atoms with Crippen molar-refractivity contribution in [3.05, 3.63) is 0 Å². The normalized spacial score (nSPS) is 18.1. The first kappa shape index (κ1) is 20.6. The molecular weight excluding hydrogens is 330 g/mol. The van der Waals surface area contributed by atoms with Crippen molar-refractivity contribution in [1.29, 1.82) is 0 Å². The number of ether oxygens (including phenoxy) is 1. The van der Waals surface area contributed by atoms with Crippen LogP contribution >= 0.6 is 11.8 Å². The van der Waals surface area contributed by atoms with E-state index >= 15 is 0 Å². The van der Waals surface area contributed by atoms with Crippen LogP contribution in [-0.4, -0.2) is 48.1 Å². The zero-order valence-corrected chi connectivity index (χ0v) is 15.3. The lowest BCUT2D eigenvalue weighted by Gasteiger charge is -2.22. The zero-order chi connectivity index (χ0) is 17.9. The van der Waals surface area contributed by atoms with Gasteiger partial charge < -0.3 is 21.1 Å². The first-order valence-electron chi connectivity index (χ1n) is 8.49. The summed E-state index contributed by atoms with van der Waals surface area (Å²) < 4.78 is 5.21. The van der Waals surface area contributed by atoms with E-state index in [1.54, 1.807) is 18.7 Å². The second kappa shape index (κ2) is 11.2. The maximum Gasteiger partial charge on any atom is 0.329 e. The Bertz CT molecular complexity index is 426. The number of nitrogens with one attached hydrogen (secondary N) is 2. The van der Waals surface area contributed by atoms with E-state index in [0.717, 1.165) is 25.7 Å².